The van der Waals surface area contributed by atoms with Crippen LogP contribution in [-0.4, -0.2) is 53.2 Å². The number of nitrogens with one attached hydrogen (secondary N) is 1. The van der Waals surface area contributed by atoms with Gasteiger partial charge in [-0.25, -0.2) is 4.98 Å². The molecule has 2 aromatic rings. The van der Waals surface area contributed by atoms with E-state index in [1.54, 1.807) is 6.07 Å². The number of anilines is 1. The van der Waals surface area contributed by atoms with E-state index >= 15 is 0 Å². The van der Waals surface area contributed by atoms with Gasteiger partial charge in [-0.3, -0.25) is 4.79 Å². The van der Waals surface area contributed by atoms with Gasteiger partial charge in [-0.15, -0.1) is 0 Å². The van der Waals surface area contributed by atoms with Gasteiger partial charge in [0.15, 0.2) is 0 Å². The van der Waals surface area contributed by atoms with Gasteiger partial charge in [0.1, 0.15) is 5.82 Å². The van der Waals surface area contributed by atoms with Crippen molar-refractivity contribution in [3.05, 3.63) is 47.7 Å². The number of aryl methyl sites for hydroxylation is 1. The maximum absolute atomic E-state index is 12.3. The molecule has 6 heteroatoms. The average molecular weight is 368 g/mol. The van der Waals surface area contributed by atoms with E-state index in [9.17, 15) is 9.90 Å². The van der Waals surface area contributed by atoms with Gasteiger partial charge in [0.2, 0.25) is 0 Å². The Kier molecular flexibility index (Phi) is 6.42. The maximum atomic E-state index is 12.3. The van der Waals surface area contributed by atoms with Crippen LogP contribution in [-0.2, 0) is 0 Å². The van der Waals surface area contributed by atoms with Crippen LogP contribution in [0.1, 0.15) is 35.3 Å². The summed E-state index contributed by atoms with van der Waals surface area (Å²) in [5.74, 6) is 0.443. The molecule has 0 bridgehead atoms. The second-order valence-electron chi connectivity index (χ2n) is 7.15. The van der Waals surface area contributed by atoms with Gasteiger partial charge in [0.25, 0.3) is 5.91 Å². The van der Waals surface area contributed by atoms with Crippen LogP contribution < -0.4 is 11.1 Å². The molecule has 1 aliphatic rings. The van der Waals surface area contributed by atoms with E-state index in [2.05, 4.69) is 15.2 Å². The number of nitrogen functional groups attached to an aromatic ring is 1. The number of piperidine rings is 1. The smallest absolute Gasteiger partial charge is 0.251 e. The van der Waals surface area contributed by atoms with Crippen molar-refractivity contribution in [2.24, 2.45) is 0 Å². The Bertz CT molecular complexity index is 776. The number of aliphatic hydroxyl groups is 1. The van der Waals surface area contributed by atoms with Gasteiger partial charge in [0.05, 0.1) is 6.10 Å². The SMILES string of the molecule is Cc1nc(N)ccc1-c1ccc(C(=O)NCCCN2CCCC(O)C2)cc1. The van der Waals surface area contributed by atoms with E-state index in [0.717, 1.165) is 55.7 Å². The lowest BCUT2D eigenvalue weighted by Gasteiger charge is -2.29. The number of hydrogen-bond acceptors (Lipinski definition) is 5. The standard InChI is InChI=1S/C21H28N4O2/c1-15-19(9-10-20(22)24-15)16-5-7-17(8-6-16)21(27)23-11-3-13-25-12-2-4-18(26)14-25/h5-10,18,26H,2-4,11-14H2,1H3,(H2,22,24)(H,23,27). The molecular weight excluding hydrogens is 340 g/mol. The summed E-state index contributed by atoms with van der Waals surface area (Å²) in [5.41, 5.74) is 9.25. The number of nitrogens with two attached hydrogens (primary N) is 1. The molecule has 27 heavy (non-hydrogen) atoms. The highest BCUT2D eigenvalue weighted by Gasteiger charge is 2.16. The van der Waals surface area contributed by atoms with Crippen molar-refractivity contribution in [1.82, 2.24) is 15.2 Å². The average Bonchev–Trinajstić information content (AvgIpc) is 2.65. The Hall–Kier alpha value is -2.44. The number of aromatic nitrogens is 1. The molecular formula is C21H28N4O2. The highest BCUT2D eigenvalue weighted by Crippen LogP contribution is 2.23. The Morgan fingerprint density at radius 3 is 2.78 bits per heavy atom. The van der Waals surface area contributed by atoms with Gasteiger partial charge in [-0.2, -0.15) is 0 Å². The molecule has 1 unspecified atom stereocenters. The fourth-order valence-electron chi connectivity index (χ4n) is 3.53. The summed E-state index contributed by atoms with van der Waals surface area (Å²) < 4.78 is 0. The monoisotopic (exact) mass is 368 g/mol. The fraction of sp³-hybridized carbons (Fsp3) is 0.429. The van der Waals surface area contributed by atoms with Crippen LogP contribution in [0, 0.1) is 6.92 Å². The Morgan fingerprint density at radius 1 is 1.30 bits per heavy atom. The molecule has 1 aromatic carbocycles. The van der Waals surface area contributed by atoms with E-state index in [1.165, 1.54) is 0 Å². The van der Waals surface area contributed by atoms with Crippen molar-refractivity contribution in [3.8, 4) is 11.1 Å². The van der Waals surface area contributed by atoms with Crippen LogP contribution in [0.5, 0.6) is 0 Å². The molecule has 0 radical (unpaired) electrons. The zero-order valence-corrected chi connectivity index (χ0v) is 15.8. The number of carbonyl (C=O) groups excluding carboxylic acids is 1. The van der Waals surface area contributed by atoms with E-state index in [0.29, 0.717) is 17.9 Å². The number of hydrogen-bond donors (Lipinski definition) is 3. The lowest BCUT2D eigenvalue weighted by atomic mass is 10.0. The Balaban J connectivity index is 1.49. The van der Waals surface area contributed by atoms with Crippen LogP contribution >= 0.6 is 0 Å². The molecule has 144 valence electrons. The van der Waals surface area contributed by atoms with E-state index in [1.807, 2.05) is 37.3 Å². The minimum atomic E-state index is -0.202. The summed E-state index contributed by atoms with van der Waals surface area (Å²) in [6, 6.07) is 11.3. The number of nitrogens with zero attached hydrogens (tertiary/aromatic N) is 2. The zero-order valence-electron chi connectivity index (χ0n) is 15.8. The normalized spacial score (nSPS) is 17.6. The summed E-state index contributed by atoms with van der Waals surface area (Å²) in [5, 5.41) is 12.7. The van der Waals surface area contributed by atoms with Crippen molar-refractivity contribution in [3.63, 3.8) is 0 Å². The number of carbonyl (C=O) groups is 1. The van der Waals surface area contributed by atoms with Gasteiger partial charge >= 0.3 is 0 Å². The Labute approximate surface area is 160 Å². The first kappa shape index (κ1) is 19.3. The molecule has 1 atom stereocenters. The van der Waals surface area contributed by atoms with Crippen molar-refractivity contribution < 1.29 is 9.90 Å². The quantitative estimate of drug-likeness (QED) is 0.680. The first-order valence-electron chi connectivity index (χ1n) is 9.55. The van der Waals surface area contributed by atoms with Crippen LogP contribution in [0.15, 0.2) is 36.4 Å². The first-order chi connectivity index (χ1) is 13.0. The molecule has 1 aromatic heterocycles. The second kappa shape index (κ2) is 8.97. The third-order valence-corrected chi connectivity index (χ3v) is 4.98. The highest BCUT2D eigenvalue weighted by molar-refractivity contribution is 5.94. The number of β-amino-alcohol motifs (C(OH)–C–C–N with tert-alkyl or cyclic N) is 1. The van der Waals surface area contributed by atoms with Gasteiger partial charge in [-0.05, 0) is 69.1 Å². The predicted molar refractivity (Wildman–Crippen MR) is 107 cm³/mol. The molecule has 0 aliphatic carbocycles. The molecule has 2 heterocycles. The van der Waals surface area contributed by atoms with Gasteiger partial charge in [-0.1, -0.05) is 12.1 Å². The molecule has 1 amide bonds. The Morgan fingerprint density at radius 2 is 2.07 bits per heavy atom. The summed E-state index contributed by atoms with van der Waals surface area (Å²) in [7, 11) is 0. The van der Waals surface area contributed by atoms with Gasteiger partial charge < -0.3 is 21.1 Å². The first-order valence-corrected chi connectivity index (χ1v) is 9.55. The number of pyridine rings is 1. The molecule has 1 saturated heterocycles. The number of aliphatic hydroxyl groups excluding tert-OH is 1. The van der Waals surface area contributed by atoms with Gasteiger partial charge in [0, 0.05) is 29.9 Å². The number of rotatable bonds is 6. The summed E-state index contributed by atoms with van der Waals surface area (Å²) in [6.45, 7) is 5.24. The molecule has 4 N–H and O–H groups in total. The van der Waals surface area contributed by atoms with Crippen LogP contribution in [0.25, 0.3) is 11.1 Å². The van der Waals surface area contributed by atoms with Crippen LogP contribution in [0.3, 0.4) is 0 Å². The topological polar surface area (TPSA) is 91.5 Å². The molecule has 0 spiro atoms. The third-order valence-electron chi connectivity index (χ3n) is 4.98. The molecule has 1 aliphatic heterocycles. The largest absolute Gasteiger partial charge is 0.392 e. The maximum Gasteiger partial charge on any atom is 0.251 e. The minimum absolute atomic E-state index is 0.0626. The summed E-state index contributed by atoms with van der Waals surface area (Å²) in [6.07, 6.45) is 2.62. The molecule has 3 rings (SSSR count). The highest BCUT2D eigenvalue weighted by atomic mass is 16.3. The van der Waals surface area contributed by atoms with Crippen LogP contribution in [0.2, 0.25) is 0 Å². The lowest BCUT2D eigenvalue weighted by molar-refractivity contribution is 0.0697. The van der Waals surface area contributed by atoms with E-state index < -0.39 is 0 Å². The summed E-state index contributed by atoms with van der Waals surface area (Å²) >= 11 is 0. The van der Waals surface area contributed by atoms with Crippen molar-refractivity contribution in [1.29, 1.82) is 0 Å². The predicted octanol–water partition coefficient (Wildman–Crippen LogP) is 2.22. The fourth-order valence-corrected chi connectivity index (χ4v) is 3.53. The molecule has 6 nitrogen and oxygen atoms in total. The summed E-state index contributed by atoms with van der Waals surface area (Å²) in [4.78, 5) is 18.9. The number of likely N-dealkylation sites (tertiary alicyclic amines) is 1. The molecule has 0 saturated carbocycles. The van der Waals surface area contributed by atoms with E-state index in [-0.39, 0.29) is 12.0 Å². The van der Waals surface area contributed by atoms with Crippen molar-refractivity contribution >= 4 is 11.7 Å². The zero-order chi connectivity index (χ0) is 19.2. The van der Waals surface area contributed by atoms with Crippen molar-refractivity contribution in [2.45, 2.75) is 32.3 Å². The lowest BCUT2D eigenvalue weighted by Crippen LogP contribution is -2.39. The third kappa shape index (κ3) is 5.28. The minimum Gasteiger partial charge on any atom is -0.392 e. The second-order valence-corrected chi connectivity index (χ2v) is 7.15. The van der Waals surface area contributed by atoms with Crippen molar-refractivity contribution in [2.75, 3.05) is 31.9 Å². The van der Waals surface area contributed by atoms with Crippen LogP contribution in [0.4, 0.5) is 5.82 Å². The molecule has 1 fully saturated rings. The number of amides is 1. The van der Waals surface area contributed by atoms with E-state index in [4.69, 9.17) is 5.73 Å². The number of benzene rings is 1.